The van der Waals surface area contributed by atoms with E-state index >= 15 is 0 Å². The van der Waals surface area contributed by atoms with Crippen molar-refractivity contribution in [3.63, 3.8) is 0 Å². The van der Waals surface area contributed by atoms with Gasteiger partial charge in [0, 0.05) is 37.7 Å². The number of sulfonamides is 1. The molecule has 1 aromatic rings. The quantitative estimate of drug-likeness (QED) is 0.791. The van der Waals surface area contributed by atoms with Gasteiger partial charge in [0.15, 0.2) is 5.76 Å². The van der Waals surface area contributed by atoms with E-state index in [2.05, 4.69) is 0 Å². The maximum Gasteiger partial charge on any atom is 0.289 e. The predicted molar refractivity (Wildman–Crippen MR) is 83.6 cm³/mol. The minimum Gasteiger partial charge on any atom is -0.459 e. The molecule has 0 aliphatic carbocycles. The van der Waals surface area contributed by atoms with Crippen molar-refractivity contribution in [1.29, 1.82) is 0 Å². The second-order valence-corrected chi connectivity index (χ2v) is 8.25. The molecule has 0 radical (unpaired) electrons. The van der Waals surface area contributed by atoms with E-state index in [9.17, 15) is 13.2 Å². The van der Waals surface area contributed by atoms with Gasteiger partial charge in [0.2, 0.25) is 10.0 Å². The molecule has 2 saturated heterocycles. The highest BCUT2D eigenvalue weighted by Crippen LogP contribution is 2.26. The van der Waals surface area contributed by atoms with Crippen molar-refractivity contribution in [2.24, 2.45) is 5.92 Å². The summed E-state index contributed by atoms with van der Waals surface area (Å²) in [4.78, 5) is 14.3. The zero-order chi connectivity index (χ0) is 16.6. The number of carbonyl (C=O) groups is 1. The highest BCUT2D eigenvalue weighted by Gasteiger charge is 2.37. The molecular formula is C15H22N2O5S. The number of piperidine rings is 1. The van der Waals surface area contributed by atoms with Gasteiger partial charge in [-0.3, -0.25) is 4.79 Å². The molecule has 2 atom stereocenters. The molecule has 8 heteroatoms. The molecule has 3 heterocycles. The summed E-state index contributed by atoms with van der Waals surface area (Å²) in [5.74, 6) is 0.363. The van der Waals surface area contributed by atoms with E-state index in [0.717, 1.165) is 12.0 Å². The lowest BCUT2D eigenvalue weighted by atomic mass is 9.93. The minimum atomic E-state index is -3.21. The lowest BCUT2D eigenvalue weighted by Crippen LogP contribution is -2.49. The smallest absolute Gasteiger partial charge is 0.289 e. The zero-order valence-corrected chi connectivity index (χ0v) is 14.2. The van der Waals surface area contributed by atoms with Crippen LogP contribution in [-0.2, 0) is 14.8 Å². The van der Waals surface area contributed by atoms with Crippen molar-refractivity contribution in [1.82, 2.24) is 9.21 Å². The third-order valence-corrected chi connectivity index (χ3v) is 5.89. The molecule has 7 nitrogen and oxygen atoms in total. The van der Waals surface area contributed by atoms with Crippen LogP contribution in [0, 0.1) is 12.8 Å². The van der Waals surface area contributed by atoms with E-state index in [0.29, 0.717) is 38.5 Å². The fourth-order valence-corrected chi connectivity index (χ4v) is 4.11. The first-order valence-electron chi connectivity index (χ1n) is 7.76. The Balaban J connectivity index is 1.70. The third kappa shape index (κ3) is 3.44. The van der Waals surface area contributed by atoms with Crippen LogP contribution in [-0.4, -0.2) is 68.7 Å². The number of rotatable bonds is 2. The van der Waals surface area contributed by atoms with E-state index < -0.39 is 10.0 Å². The molecule has 23 heavy (non-hydrogen) atoms. The normalized spacial score (nSPS) is 26.6. The van der Waals surface area contributed by atoms with Gasteiger partial charge in [0.05, 0.1) is 25.2 Å². The lowest BCUT2D eigenvalue weighted by molar-refractivity contribution is -0.0178. The molecule has 3 rings (SSSR count). The molecule has 0 unspecified atom stereocenters. The highest BCUT2D eigenvalue weighted by molar-refractivity contribution is 7.88. The highest BCUT2D eigenvalue weighted by atomic mass is 32.2. The molecule has 2 aliphatic heterocycles. The number of hydrogen-bond acceptors (Lipinski definition) is 5. The summed E-state index contributed by atoms with van der Waals surface area (Å²) < 4.78 is 36.1. The van der Waals surface area contributed by atoms with E-state index in [1.54, 1.807) is 11.0 Å². The lowest BCUT2D eigenvalue weighted by Gasteiger charge is -2.37. The molecule has 2 aliphatic rings. The second kappa shape index (κ2) is 6.26. The van der Waals surface area contributed by atoms with E-state index in [1.165, 1.54) is 16.8 Å². The summed E-state index contributed by atoms with van der Waals surface area (Å²) in [5.41, 5.74) is 0.821. The van der Waals surface area contributed by atoms with Crippen LogP contribution in [0.15, 0.2) is 16.7 Å². The summed E-state index contributed by atoms with van der Waals surface area (Å²) in [6.45, 7) is 4.09. The first kappa shape index (κ1) is 16.5. The fourth-order valence-electron chi connectivity index (χ4n) is 3.24. The van der Waals surface area contributed by atoms with Crippen molar-refractivity contribution in [3.8, 4) is 0 Å². The fraction of sp³-hybridized carbons (Fsp3) is 0.667. The number of hydrogen-bond donors (Lipinski definition) is 0. The van der Waals surface area contributed by atoms with Crippen LogP contribution in [0.25, 0.3) is 0 Å². The maximum atomic E-state index is 12.5. The predicted octanol–water partition coefficient (Wildman–Crippen LogP) is 0.711. The Hall–Kier alpha value is -1.38. The number of ether oxygens (including phenoxy) is 1. The summed E-state index contributed by atoms with van der Waals surface area (Å²) >= 11 is 0. The Morgan fingerprint density at radius 2 is 2.09 bits per heavy atom. The van der Waals surface area contributed by atoms with Gasteiger partial charge in [-0.05, 0) is 19.4 Å². The van der Waals surface area contributed by atoms with Gasteiger partial charge < -0.3 is 14.1 Å². The van der Waals surface area contributed by atoms with Crippen LogP contribution in [0.2, 0.25) is 0 Å². The van der Waals surface area contributed by atoms with E-state index in [-0.39, 0.29) is 17.9 Å². The standard InChI is InChI=1S/C15H22N2O5S/c1-11-4-7-22-14(11)15(18)16-5-3-12-9-17(23(2,19)20)6-8-21-13(12)10-16/h4,7,12-13H,3,5-6,8-10H2,1-2H3/t12-,13-/m1/s1. The monoisotopic (exact) mass is 342 g/mol. The van der Waals surface area contributed by atoms with Crippen molar-refractivity contribution in [2.45, 2.75) is 19.4 Å². The number of carbonyl (C=O) groups excluding carboxylic acids is 1. The molecule has 0 spiro atoms. The molecule has 1 amide bonds. The van der Waals surface area contributed by atoms with Crippen molar-refractivity contribution < 1.29 is 22.4 Å². The Morgan fingerprint density at radius 1 is 1.30 bits per heavy atom. The topological polar surface area (TPSA) is 80.1 Å². The zero-order valence-electron chi connectivity index (χ0n) is 13.4. The van der Waals surface area contributed by atoms with Crippen LogP contribution in [0.3, 0.4) is 0 Å². The van der Waals surface area contributed by atoms with Gasteiger partial charge in [-0.15, -0.1) is 0 Å². The van der Waals surface area contributed by atoms with Gasteiger partial charge in [-0.2, -0.15) is 4.31 Å². The second-order valence-electron chi connectivity index (χ2n) is 6.26. The first-order chi connectivity index (χ1) is 10.9. The summed E-state index contributed by atoms with van der Waals surface area (Å²) in [6, 6.07) is 1.77. The molecule has 0 N–H and O–H groups in total. The Bertz CT molecular complexity index is 684. The molecule has 2 fully saturated rings. The summed E-state index contributed by atoms with van der Waals surface area (Å²) in [6.07, 6.45) is 3.34. The number of nitrogens with zero attached hydrogens (tertiary/aromatic N) is 2. The van der Waals surface area contributed by atoms with Gasteiger partial charge in [-0.1, -0.05) is 0 Å². The van der Waals surface area contributed by atoms with Crippen LogP contribution in [0.5, 0.6) is 0 Å². The molecule has 128 valence electrons. The SMILES string of the molecule is Cc1ccoc1C(=O)N1CC[C@@H]2CN(S(C)(=O)=O)CCO[C@@H]2C1. The van der Waals surface area contributed by atoms with E-state index in [1.807, 2.05) is 6.92 Å². The number of fused-ring (bicyclic) bond motifs is 1. The van der Waals surface area contributed by atoms with Crippen molar-refractivity contribution >= 4 is 15.9 Å². The van der Waals surface area contributed by atoms with Gasteiger partial charge >= 0.3 is 0 Å². The molecule has 0 bridgehead atoms. The maximum absolute atomic E-state index is 12.5. The Labute approximate surface area is 136 Å². The molecular weight excluding hydrogens is 320 g/mol. The van der Waals surface area contributed by atoms with Crippen molar-refractivity contribution in [3.05, 3.63) is 23.7 Å². The molecule has 0 aromatic carbocycles. The minimum absolute atomic E-state index is 0.119. The average Bonchev–Trinajstić information content (AvgIpc) is 2.80. The van der Waals surface area contributed by atoms with Crippen molar-refractivity contribution in [2.75, 3.05) is 39.0 Å². The van der Waals surface area contributed by atoms with Crippen LogP contribution in [0.1, 0.15) is 22.5 Å². The number of aryl methyl sites for hydroxylation is 1. The Morgan fingerprint density at radius 3 is 2.74 bits per heavy atom. The Kier molecular flexibility index (Phi) is 4.48. The van der Waals surface area contributed by atoms with Crippen LogP contribution < -0.4 is 0 Å². The molecule has 0 saturated carbocycles. The third-order valence-electron chi connectivity index (χ3n) is 4.62. The van der Waals surface area contributed by atoms with Gasteiger partial charge in [-0.25, -0.2) is 8.42 Å². The average molecular weight is 342 g/mol. The summed E-state index contributed by atoms with van der Waals surface area (Å²) in [7, 11) is -3.21. The van der Waals surface area contributed by atoms with Crippen LogP contribution >= 0.6 is 0 Å². The van der Waals surface area contributed by atoms with Crippen LogP contribution in [0.4, 0.5) is 0 Å². The number of amides is 1. The van der Waals surface area contributed by atoms with Gasteiger partial charge in [0.1, 0.15) is 0 Å². The van der Waals surface area contributed by atoms with Gasteiger partial charge in [0.25, 0.3) is 5.91 Å². The largest absolute Gasteiger partial charge is 0.459 e. The number of likely N-dealkylation sites (tertiary alicyclic amines) is 1. The molecule has 1 aromatic heterocycles. The first-order valence-corrected chi connectivity index (χ1v) is 9.61. The van der Waals surface area contributed by atoms with E-state index in [4.69, 9.17) is 9.15 Å². The summed E-state index contributed by atoms with van der Waals surface area (Å²) in [5, 5.41) is 0. The number of furan rings is 1.